The van der Waals surface area contributed by atoms with Crippen LogP contribution in [0.5, 0.6) is 17.2 Å². The van der Waals surface area contributed by atoms with Gasteiger partial charge < -0.3 is 19.1 Å². The van der Waals surface area contributed by atoms with E-state index in [0.29, 0.717) is 15.8 Å². The zero-order chi connectivity index (χ0) is 21.1. The Bertz CT molecular complexity index is 1070. The van der Waals surface area contributed by atoms with E-state index in [1.54, 1.807) is 0 Å². The second-order valence-corrected chi connectivity index (χ2v) is 8.35. The van der Waals surface area contributed by atoms with E-state index in [-0.39, 0.29) is 17.2 Å². The number of halogens is 1. The largest absolute Gasteiger partial charge is 0.490 e. The molecule has 8 heteroatoms. The van der Waals surface area contributed by atoms with Gasteiger partial charge >= 0.3 is 5.69 Å². The van der Waals surface area contributed by atoms with Gasteiger partial charge in [-0.2, -0.15) is 0 Å². The van der Waals surface area contributed by atoms with E-state index in [9.17, 15) is 10.1 Å². The summed E-state index contributed by atoms with van der Waals surface area (Å²) >= 11 is 3.47. The Labute approximate surface area is 177 Å². The molecule has 2 aliphatic heterocycles. The molecule has 2 aromatic carbocycles. The number of benzene rings is 2. The van der Waals surface area contributed by atoms with Crippen LogP contribution in [0, 0.1) is 10.1 Å². The van der Waals surface area contributed by atoms with Crippen molar-refractivity contribution in [3.05, 3.63) is 56.1 Å². The highest BCUT2D eigenvalue weighted by Gasteiger charge is 2.58. The Hall–Kier alpha value is -2.74. The SMILES string of the molecule is COc1c(Br)c2c(c(OC)c1[N+](=O)[O-])C=CC1(O2)N(C)c2ccccc2C1(C)C. The van der Waals surface area contributed by atoms with Crippen molar-refractivity contribution in [2.45, 2.75) is 25.0 Å². The predicted molar refractivity (Wildman–Crippen MR) is 114 cm³/mol. The summed E-state index contributed by atoms with van der Waals surface area (Å²) in [6, 6.07) is 8.17. The number of hydrogen-bond donors (Lipinski definition) is 0. The van der Waals surface area contributed by atoms with E-state index in [2.05, 4.69) is 46.8 Å². The lowest BCUT2D eigenvalue weighted by Gasteiger charge is -2.46. The van der Waals surface area contributed by atoms with Crippen LogP contribution in [0.1, 0.15) is 25.0 Å². The van der Waals surface area contributed by atoms with Gasteiger partial charge in [0.1, 0.15) is 4.47 Å². The molecule has 0 bridgehead atoms. The molecule has 0 N–H and O–H groups in total. The molecule has 1 atom stereocenters. The summed E-state index contributed by atoms with van der Waals surface area (Å²) in [4.78, 5) is 13.3. The second-order valence-electron chi connectivity index (χ2n) is 7.56. The van der Waals surface area contributed by atoms with Crippen LogP contribution in [0.15, 0.2) is 34.8 Å². The fraction of sp³-hybridized carbons (Fsp3) is 0.333. The summed E-state index contributed by atoms with van der Waals surface area (Å²) in [7, 11) is 4.77. The summed E-state index contributed by atoms with van der Waals surface area (Å²) in [6.07, 6.45) is 3.78. The first-order valence-electron chi connectivity index (χ1n) is 9.04. The van der Waals surface area contributed by atoms with Crippen LogP contribution in [0.2, 0.25) is 0 Å². The molecule has 1 spiro atoms. The number of likely N-dealkylation sites (N-methyl/N-ethyl adjacent to an activating group) is 1. The van der Waals surface area contributed by atoms with Crippen molar-refractivity contribution in [1.29, 1.82) is 0 Å². The Morgan fingerprint density at radius 2 is 1.83 bits per heavy atom. The standard InChI is InChI=1S/C21H21BrN2O5/c1-20(2)13-8-6-7-9-14(13)23(3)21(20)11-10-12-17(29-21)15(22)19(28-5)16(24(25)26)18(12)27-4/h6-11H,1-5H3. The van der Waals surface area contributed by atoms with E-state index < -0.39 is 16.1 Å². The van der Waals surface area contributed by atoms with Crippen molar-refractivity contribution in [2.75, 3.05) is 26.2 Å². The quantitative estimate of drug-likeness (QED) is 0.478. The van der Waals surface area contributed by atoms with Gasteiger partial charge in [-0.15, -0.1) is 0 Å². The minimum atomic E-state index is -0.821. The van der Waals surface area contributed by atoms with Crippen LogP contribution in [0.3, 0.4) is 0 Å². The molecule has 0 radical (unpaired) electrons. The summed E-state index contributed by atoms with van der Waals surface area (Å²) in [5, 5.41) is 11.7. The molecule has 0 amide bonds. The Kier molecular flexibility index (Phi) is 4.31. The Morgan fingerprint density at radius 3 is 2.41 bits per heavy atom. The number of nitro groups is 1. The van der Waals surface area contributed by atoms with Gasteiger partial charge in [0, 0.05) is 12.7 Å². The van der Waals surface area contributed by atoms with Crippen molar-refractivity contribution in [3.8, 4) is 17.2 Å². The van der Waals surface area contributed by atoms with Gasteiger partial charge in [0.25, 0.3) is 0 Å². The van der Waals surface area contributed by atoms with Gasteiger partial charge in [-0.25, -0.2) is 0 Å². The molecule has 0 saturated carbocycles. The zero-order valence-electron chi connectivity index (χ0n) is 16.8. The summed E-state index contributed by atoms with van der Waals surface area (Å²) in [5.74, 6) is 0.610. The summed E-state index contributed by atoms with van der Waals surface area (Å²) < 4.78 is 17.8. The lowest BCUT2D eigenvalue weighted by atomic mass is 9.76. The van der Waals surface area contributed by atoms with Crippen LogP contribution in [0.25, 0.3) is 6.08 Å². The van der Waals surface area contributed by atoms with Crippen LogP contribution >= 0.6 is 15.9 Å². The highest BCUT2D eigenvalue weighted by atomic mass is 79.9. The number of anilines is 1. The number of ether oxygens (including phenoxy) is 3. The predicted octanol–water partition coefficient (Wildman–Crippen LogP) is 4.90. The first-order chi connectivity index (χ1) is 13.7. The average molecular weight is 461 g/mol. The first kappa shape index (κ1) is 19.6. The van der Waals surface area contributed by atoms with Crippen molar-refractivity contribution in [2.24, 2.45) is 0 Å². The smallest absolute Gasteiger partial charge is 0.354 e. The molecule has 1 unspecified atom stereocenters. The van der Waals surface area contributed by atoms with E-state index >= 15 is 0 Å². The number of hydrogen-bond acceptors (Lipinski definition) is 6. The fourth-order valence-corrected chi connectivity index (χ4v) is 5.10. The van der Waals surface area contributed by atoms with Crippen molar-refractivity contribution in [3.63, 3.8) is 0 Å². The zero-order valence-corrected chi connectivity index (χ0v) is 18.4. The van der Waals surface area contributed by atoms with Gasteiger partial charge in [0.05, 0.1) is 30.1 Å². The number of nitrogens with zero attached hydrogens (tertiary/aromatic N) is 2. The molecule has 2 heterocycles. The fourth-order valence-electron chi connectivity index (χ4n) is 4.46. The van der Waals surface area contributed by atoms with Gasteiger partial charge in [0.2, 0.25) is 17.2 Å². The highest BCUT2D eigenvalue weighted by Crippen LogP contribution is 2.59. The van der Waals surface area contributed by atoms with Gasteiger partial charge in [0.15, 0.2) is 5.75 Å². The minimum Gasteiger partial charge on any atom is -0.490 e. The van der Waals surface area contributed by atoms with Crippen molar-refractivity contribution >= 4 is 33.4 Å². The van der Waals surface area contributed by atoms with E-state index in [4.69, 9.17) is 14.2 Å². The van der Waals surface area contributed by atoms with Gasteiger partial charge in [-0.05, 0) is 53.6 Å². The number of methoxy groups -OCH3 is 2. The third-order valence-corrected chi connectivity index (χ3v) is 6.70. The molecule has 29 heavy (non-hydrogen) atoms. The molecular formula is C21H21BrN2O5. The topological polar surface area (TPSA) is 74.1 Å². The maximum atomic E-state index is 11.7. The number of fused-ring (bicyclic) bond motifs is 2. The monoisotopic (exact) mass is 460 g/mol. The molecule has 4 rings (SSSR count). The summed E-state index contributed by atoms with van der Waals surface area (Å²) in [5.41, 5.74) is 1.27. The molecule has 152 valence electrons. The maximum absolute atomic E-state index is 11.7. The molecule has 7 nitrogen and oxygen atoms in total. The third kappa shape index (κ3) is 2.35. The third-order valence-electron chi connectivity index (χ3n) is 5.98. The molecular weight excluding hydrogens is 440 g/mol. The number of rotatable bonds is 3. The second kappa shape index (κ2) is 6.38. The van der Waals surface area contributed by atoms with E-state index in [1.807, 2.05) is 31.3 Å². The summed E-state index contributed by atoms with van der Waals surface area (Å²) in [6.45, 7) is 4.25. The molecule has 0 fully saturated rings. The molecule has 2 aromatic rings. The van der Waals surface area contributed by atoms with Crippen molar-refractivity contribution < 1.29 is 19.1 Å². The lowest BCUT2D eigenvalue weighted by Crippen LogP contribution is -2.58. The highest BCUT2D eigenvalue weighted by molar-refractivity contribution is 9.10. The van der Waals surface area contributed by atoms with Crippen LogP contribution < -0.4 is 19.1 Å². The minimum absolute atomic E-state index is 0.0621. The molecule has 0 saturated heterocycles. The van der Waals surface area contributed by atoms with Gasteiger partial charge in [-0.1, -0.05) is 18.2 Å². The number of para-hydroxylation sites is 1. The molecule has 2 aliphatic rings. The Morgan fingerprint density at radius 1 is 1.17 bits per heavy atom. The molecule has 0 aliphatic carbocycles. The lowest BCUT2D eigenvalue weighted by molar-refractivity contribution is -0.386. The Balaban J connectivity index is 1.98. The first-order valence-corrected chi connectivity index (χ1v) is 9.84. The van der Waals surface area contributed by atoms with Crippen molar-refractivity contribution in [1.82, 2.24) is 0 Å². The van der Waals surface area contributed by atoms with Crippen LogP contribution in [0.4, 0.5) is 11.4 Å². The maximum Gasteiger partial charge on any atom is 0.354 e. The van der Waals surface area contributed by atoms with E-state index in [0.717, 1.165) is 11.3 Å². The van der Waals surface area contributed by atoms with Crippen LogP contribution in [-0.4, -0.2) is 31.9 Å². The van der Waals surface area contributed by atoms with Gasteiger partial charge in [-0.3, -0.25) is 10.1 Å². The number of nitro benzene ring substituents is 1. The molecule has 0 aromatic heterocycles. The van der Waals surface area contributed by atoms with E-state index in [1.165, 1.54) is 14.2 Å². The van der Waals surface area contributed by atoms with Crippen LogP contribution in [-0.2, 0) is 5.41 Å². The average Bonchev–Trinajstić information content (AvgIpc) is 2.87. The normalized spacial score (nSPS) is 20.8.